The molecule has 0 saturated carbocycles. The van der Waals surface area contributed by atoms with Gasteiger partial charge in [-0.05, 0) is 30.0 Å². The summed E-state index contributed by atoms with van der Waals surface area (Å²) >= 11 is 6.18. The minimum Gasteiger partial charge on any atom is -0.348 e. The van der Waals surface area contributed by atoms with E-state index < -0.39 is 9.84 Å². The molecule has 1 fully saturated rings. The summed E-state index contributed by atoms with van der Waals surface area (Å²) in [6.07, 6.45) is 1.74. The van der Waals surface area contributed by atoms with Gasteiger partial charge in [0.05, 0.1) is 24.1 Å². The lowest BCUT2D eigenvalue weighted by atomic mass is 10.1. The van der Waals surface area contributed by atoms with E-state index in [1.165, 1.54) is 0 Å². The Morgan fingerprint density at radius 1 is 1.32 bits per heavy atom. The van der Waals surface area contributed by atoms with Gasteiger partial charge in [-0.15, -0.1) is 0 Å². The van der Waals surface area contributed by atoms with Crippen molar-refractivity contribution in [3.05, 3.63) is 34.3 Å². The van der Waals surface area contributed by atoms with Crippen LogP contribution in [0.4, 0.5) is 0 Å². The highest BCUT2D eigenvalue weighted by Crippen LogP contribution is 2.35. The summed E-state index contributed by atoms with van der Waals surface area (Å²) in [5.74, 6) is 0.224. The van der Waals surface area contributed by atoms with Crippen molar-refractivity contribution in [2.75, 3.05) is 31.1 Å². The van der Waals surface area contributed by atoms with E-state index in [0.717, 1.165) is 29.0 Å². The third-order valence-electron chi connectivity index (χ3n) is 4.35. The smallest absolute Gasteiger partial charge is 0.234 e. The minimum absolute atomic E-state index is 0.00900. The number of sulfone groups is 1. The normalized spacial score (nSPS) is 24.0. The maximum atomic E-state index is 12.2. The van der Waals surface area contributed by atoms with Crippen LogP contribution in [0.5, 0.6) is 0 Å². The fraction of sp³-hybridized carbons (Fsp3) is 0.533. The van der Waals surface area contributed by atoms with Crippen LogP contribution in [0.1, 0.15) is 23.6 Å². The van der Waals surface area contributed by atoms with Crippen molar-refractivity contribution in [1.82, 2.24) is 10.2 Å². The fourth-order valence-corrected chi connectivity index (χ4v) is 4.66. The number of carbonyl (C=O) groups is 1. The number of nitrogens with one attached hydrogen (secondary N) is 1. The molecule has 22 heavy (non-hydrogen) atoms. The van der Waals surface area contributed by atoms with Gasteiger partial charge in [-0.3, -0.25) is 9.69 Å². The summed E-state index contributed by atoms with van der Waals surface area (Å²) in [6.45, 7) is 1.12. The van der Waals surface area contributed by atoms with E-state index in [9.17, 15) is 13.2 Å². The molecule has 7 heteroatoms. The molecule has 1 saturated heterocycles. The van der Waals surface area contributed by atoms with E-state index in [-0.39, 0.29) is 30.0 Å². The van der Waals surface area contributed by atoms with E-state index in [1.54, 1.807) is 0 Å². The molecular weight excluding hydrogens is 324 g/mol. The van der Waals surface area contributed by atoms with Crippen molar-refractivity contribution in [1.29, 1.82) is 0 Å². The summed E-state index contributed by atoms with van der Waals surface area (Å²) in [5, 5.41) is 3.80. The summed E-state index contributed by atoms with van der Waals surface area (Å²) in [5.41, 5.74) is 2.22. The van der Waals surface area contributed by atoms with Crippen LogP contribution in [0.15, 0.2) is 18.2 Å². The maximum absolute atomic E-state index is 12.2. The lowest BCUT2D eigenvalue weighted by Gasteiger charge is -2.26. The second kappa shape index (κ2) is 6.18. The second-order valence-electron chi connectivity index (χ2n) is 5.89. The molecule has 5 nitrogen and oxygen atoms in total. The van der Waals surface area contributed by atoms with Crippen molar-refractivity contribution in [2.24, 2.45) is 0 Å². The zero-order chi connectivity index (χ0) is 15.7. The molecule has 0 aromatic heterocycles. The highest BCUT2D eigenvalue weighted by molar-refractivity contribution is 7.91. The predicted octanol–water partition coefficient (Wildman–Crippen LogP) is 1.17. The van der Waals surface area contributed by atoms with Gasteiger partial charge >= 0.3 is 0 Å². The third-order valence-corrected chi connectivity index (χ3v) is 6.32. The summed E-state index contributed by atoms with van der Waals surface area (Å²) in [7, 11) is -2.91. The first-order chi connectivity index (χ1) is 10.4. The van der Waals surface area contributed by atoms with E-state index >= 15 is 0 Å². The van der Waals surface area contributed by atoms with Crippen LogP contribution >= 0.6 is 11.6 Å². The number of rotatable bonds is 3. The van der Waals surface area contributed by atoms with Crippen molar-refractivity contribution in [3.8, 4) is 0 Å². The number of amides is 1. The number of carbonyl (C=O) groups excluding carboxylic acids is 1. The molecule has 1 amide bonds. The quantitative estimate of drug-likeness (QED) is 0.895. The zero-order valence-corrected chi connectivity index (χ0v) is 13.8. The van der Waals surface area contributed by atoms with Gasteiger partial charge in [0.1, 0.15) is 0 Å². The van der Waals surface area contributed by atoms with Crippen LogP contribution in [0, 0.1) is 0 Å². The topological polar surface area (TPSA) is 66.5 Å². The van der Waals surface area contributed by atoms with Crippen LogP contribution in [0.25, 0.3) is 0 Å². The molecule has 0 bridgehead atoms. The molecule has 3 rings (SSSR count). The van der Waals surface area contributed by atoms with E-state index in [4.69, 9.17) is 11.6 Å². The van der Waals surface area contributed by atoms with Gasteiger partial charge in [0, 0.05) is 18.1 Å². The Kier molecular flexibility index (Phi) is 4.43. The lowest BCUT2D eigenvalue weighted by molar-refractivity contribution is -0.122. The van der Waals surface area contributed by atoms with Crippen LogP contribution in [-0.4, -0.2) is 50.4 Å². The highest BCUT2D eigenvalue weighted by atomic mass is 35.5. The average Bonchev–Trinajstić information content (AvgIpc) is 2.86. The number of nitrogens with zero attached hydrogens (tertiary/aromatic N) is 1. The number of fused-ring (bicyclic) bond motifs is 1. The van der Waals surface area contributed by atoms with Gasteiger partial charge in [0.2, 0.25) is 5.91 Å². The van der Waals surface area contributed by atoms with E-state index in [2.05, 4.69) is 5.32 Å². The molecule has 1 aliphatic heterocycles. The number of halogens is 1. The Bertz CT molecular complexity index is 676. The van der Waals surface area contributed by atoms with Crippen LogP contribution in [-0.2, 0) is 21.1 Å². The molecule has 0 spiro atoms. The SMILES string of the molecule is O=C(CN1CCS(=O)(=O)CC1)N[C@@H]1CCc2c(Cl)cccc21. The third kappa shape index (κ3) is 3.45. The van der Waals surface area contributed by atoms with Crippen molar-refractivity contribution in [2.45, 2.75) is 18.9 Å². The molecule has 120 valence electrons. The van der Waals surface area contributed by atoms with Crippen LogP contribution in [0.3, 0.4) is 0 Å². The number of benzene rings is 1. The molecule has 0 radical (unpaired) electrons. The first kappa shape index (κ1) is 15.8. The van der Waals surface area contributed by atoms with Crippen LogP contribution in [0.2, 0.25) is 5.02 Å². The number of hydrogen-bond acceptors (Lipinski definition) is 4. The molecule has 1 aromatic carbocycles. The molecule has 1 aliphatic carbocycles. The molecule has 0 unspecified atom stereocenters. The largest absolute Gasteiger partial charge is 0.348 e. The van der Waals surface area contributed by atoms with Gasteiger partial charge in [-0.2, -0.15) is 0 Å². The van der Waals surface area contributed by atoms with E-state index in [1.807, 2.05) is 23.1 Å². The Hall–Kier alpha value is -1.11. The molecule has 1 aromatic rings. The maximum Gasteiger partial charge on any atom is 0.234 e. The van der Waals surface area contributed by atoms with Gasteiger partial charge in [0.15, 0.2) is 9.84 Å². The summed E-state index contributed by atoms with van der Waals surface area (Å²) < 4.78 is 22.8. The summed E-state index contributed by atoms with van der Waals surface area (Å²) in [4.78, 5) is 14.1. The van der Waals surface area contributed by atoms with Crippen LogP contribution < -0.4 is 5.32 Å². The molecule has 1 N–H and O–H groups in total. The van der Waals surface area contributed by atoms with Crippen molar-refractivity contribution < 1.29 is 13.2 Å². The molecular formula is C15H19ClN2O3S. The Morgan fingerprint density at radius 3 is 2.77 bits per heavy atom. The van der Waals surface area contributed by atoms with Gasteiger partial charge in [0.25, 0.3) is 0 Å². The Morgan fingerprint density at radius 2 is 2.05 bits per heavy atom. The minimum atomic E-state index is -2.91. The van der Waals surface area contributed by atoms with Crippen molar-refractivity contribution >= 4 is 27.3 Å². The average molecular weight is 343 g/mol. The standard InChI is InChI=1S/C15H19ClN2O3S/c16-13-3-1-2-12-11(13)4-5-14(12)17-15(19)10-18-6-8-22(20,21)9-7-18/h1-3,14H,4-10H2,(H,17,19)/t14-/m1/s1. The Balaban J connectivity index is 1.57. The second-order valence-corrected chi connectivity index (χ2v) is 8.61. The molecule has 2 aliphatic rings. The van der Waals surface area contributed by atoms with Gasteiger partial charge in [-0.25, -0.2) is 8.42 Å². The zero-order valence-electron chi connectivity index (χ0n) is 12.2. The lowest BCUT2D eigenvalue weighted by Crippen LogP contribution is -2.45. The van der Waals surface area contributed by atoms with Gasteiger partial charge in [-0.1, -0.05) is 23.7 Å². The Labute approximate surface area is 135 Å². The predicted molar refractivity (Wildman–Crippen MR) is 85.8 cm³/mol. The van der Waals surface area contributed by atoms with E-state index in [0.29, 0.717) is 13.1 Å². The fourth-order valence-electron chi connectivity index (χ4n) is 3.11. The first-order valence-corrected chi connectivity index (χ1v) is 9.64. The van der Waals surface area contributed by atoms with Crippen molar-refractivity contribution in [3.63, 3.8) is 0 Å². The molecule has 1 atom stereocenters. The highest BCUT2D eigenvalue weighted by Gasteiger charge is 2.27. The van der Waals surface area contributed by atoms with Gasteiger partial charge < -0.3 is 5.32 Å². The summed E-state index contributed by atoms with van der Waals surface area (Å²) in [6, 6.07) is 5.79. The monoisotopic (exact) mass is 342 g/mol. The number of hydrogen-bond donors (Lipinski definition) is 1. The first-order valence-electron chi connectivity index (χ1n) is 7.44. The molecule has 1 heterocycles.